The minimum absolute atomic E-state index is 0.382. The summed E-state index contributed by atoms with van der Waals surface area (Å²) in [5.41, 5.74) is 11.0. The molecule has 0 aromatic carbocycles. The van der Waals surface area contributed by atoms with Crippen LogP contribution in [0.5, 0.6) is 0 Å². The van der Waals surface area contributed by atoms with Crippen LogP contribution in [-0.2, 0) is 9.59 Å². The number of amides is 1. The minimum atomic E-state index is -1.03. The van der Waals surface area contributed by atoms with Crippen LogP contribution in [0.3, 0.4) is 0 Å². The maximum absolute atomic E-state index is 11.7. The zero-order valence-electron chi connectivity index (χ0n) is 10.7. The number of nitrogens with one attached hydrogen (secondary N) is 1. The summed E-state index contributed by atoms with van der Waals surface area (Å²) in [7, 11) is 0. The topological polar surface area (TPSA) is 118 Å². The molecule has 0 spiro atoms. The van der Waals surface area contributed by atoms with Crippen molar-refractivity contribution in [3.8, 4) is 0 Å². The van der Waals surface area contributed by atoms with Gasteiger partial charge >= 0.3 is 5.97 Å². The molecule has 18 heavy (non-hydrogen) atoms. The third kappa shape index (κ3) is 7.52. The number of carbonyl (C=O) groups excluding carboxylic acids is 1. The van der Waals surface area contributed by atoms with E-state index >= 15 is 0 Å². The quantitative estimate of drug-likeness (QED) is 0.409. The predicted molar refractivity (Wildman–Crippen MR) is 73.4 cm³/mol. The van der Waals surface area contributed by atoms with Crippen LogP contribution < -0.4 is 16.8 Å². The van der Waals surface area contributed by atoms with Gasteiger partial charge in [-0.2, -0.15) is 11.8 Å². The summed E-state index contributed by atoms with van der Waals surface area (Å²) in [6.07, 6.45) is 4.28. The van der Waals surface area contributed by atoms with Gasteiger partial charge in [0.2, 0.25) is 5.91 Å². The van der Waals surface area contributed by atoms with Crippen molar-refractivity contribution in [2.24, 2.45) is 11.5 Å². The van der Waals surface area contributed by atoms with Gasteiger partial charge in [0, 0.05) is 0 Å². The van der Waals surface area contributed by atoms with Crippen LogP contribution in [0.4, 0.5) is 0 Å². The summed E-state index contributed by atoms with van der Waals surface area (Å²) in [4.78, 5) is 22.6. The molecule has 0 aromatic heterocycles. The Balaban J connectivity index is 4.14. The number of carboxylic acids is 1. The second-order valence-electron chi connectivity index (χ2n) is 4.07. The molecule has 0 saturated carbocycles. The summed E-state index contributed by atoms with van der Waals surface area (Å²) in [5.74, 6) is -0.652. The van der Waals surface area contributed by atoms with Crippen LogP contribution in [-0.4, -0.2) is 47.6 Å². The van der Waals surface area contributed by atoms with E-state index < -0.39 is 24.0 Å². The smallest absolute Gasteiger partial charge is 0.326 e. The molecule has 0 aliphatic carbocycles. The maximum atomic E-state index is 11.7. The molecular formula is C11H23N3O3S. The number of hydrogen-bond acceptors (Lipinski definition) is 5. The van der Waals surface area contributed by atoms with E-state index in [9.17, 15) is 9.59 Å². The van der Waals surface area contributed by atoms with Crippen molar-refractivity contribution >= 4 is 23.6 Å². The lowest BCUT2D eigenvalue weighted by Crippen LogP contribution is -2.48. The molecular weight excluding hydrogens is 254 g/mol. The van der Waals surface area contributed by atoms with Gasteiger partial charge in [0.15, 0.2) is 0 Å². The summed E-state index contributed by atoms with van der Waals surface area (Å²) in [5, 5.41) is 11.5. The molecule has 0 aliphatic heterocycles. The van der Waals surface area contributed by atoms with Crippen LogP contribution in [0.1, 0.15) is 25.7 Å². The molecule has 6 nitrogen and oxygen atoms in total. The van der Waals surface area contributed by atoms with Crippen LogP contribution in [0, 0.1) is 0 Å². The zero-order valence-corrected chi connectivity index (χ0v) is 11.5. The van der Waals surface area contributed by atoms with Gasteiger partial charge in [-0.25, -0.2) is 4.79 Å². The normalized spacial score (nSPS) is 13.9. The molecule has 0 saturated heterocycles. The molecule has 0 bridgehead atoms. The third-order valence-electron chi connectivity index (χ3n) is 2.53. The number of rotatable bonds is 10. The van der Waals surface area contributed by atoms with Gasteiger partial charge < -0.3 is 21.9 Å². The van der Waals surface area contributed by atoms with Crippen molar-refractivity contribution < 1.29 is 14.7 Å². The molecule has 0 rings (SSSR count). The minimum Gasteiger partial charge on any atom is -0.480 e. The zero-order chi connectivity index (χ0) is 14.0. The Hall–Kier alpha value is -0.790. The van der Waals surface area contributed by atoms with Gasteiger partial charge in [-0.15, -0.1) is 0 Å². The second kappa shape index (κ2) is 10.2. The first-order valence-electron chi connectivity index (χ1n) is 6.00. The number of thioether (sulfide) groups is 1. The highest BCUT2D eigenvalue weighted by Crippen LogP contribution is 2.03. The first kappa shape index (κ1) is 17.2. The third-order valence-corrected chi connectivity index (χ3v) is 3.18. The van der Waals surface area contributed by atoms with E-state index in [-0.39, 0.29) is 0 Å². The molecule has 1 amide bonds. The molecule has 0 aromatic rings. The Morgan fingerprint density at radius 1 is 1.33 bits per heavy atom. The Labute approximate surface area is 112 Å². The number of nitrogens with two attached hydrogens (primary N) is 2. The van der Waals surface area contributed by atoms with Gasteiger partial charge in [-0.3, -0.25) is 4.79 Å². The van der Waals surface area contributed by atoms with E-state index in [4.69, 9.17) is 16.6 Å². The lowest BCUT2D eigenvalue weighted by Gasteiger charge is -2.17. The van der Waals surface area contributed by atoms with Crippen LogP contribution >= 0.6 is 11.8 Å². The Morgan fingerprint density at radius 3 is 2.50 bits per heavy atom. The fourth-order valence-corrected chi connectivity index (χ4v) is 1.89. The Bertz CT molecular complexity index is 264. The standard InChI is InChI=1S/C11H23N3O3S/c1-18-7-5-8(13)10(15)14-9(11(16)17)4-2-3-6-12/h8-9H,2-7,12-13H2,1H3,(H,14,15)(H,16,17)/t8-,9-/m0/s1. The van der Waals surface area contributed by atoms with E-state index in [1.165, 1.54) is 0 Å². The van der Waals surface area contributed by atoms with Crippen molar-refractivity contribution in [2.75, 3.05) is 18.6 Å². The van der Waals surface area contributed by atoms with Gasteiger partial charge in [-0.1, -0.05) is 0 Å². The van der Waals surface area contributed by atoms with Crippen LogP contribution in [0.25, 0.3) is 0 Å². The predicted octanol–water partition coefficient (Wildman–Crippen LogP) is -0.235. The van der Waals surface area contributed by atoms with E-state index in [0.29, 0.717) is 25.8 Å². The molecule has 0 unspecified atom stereocenters. The van der Waals surface area contributed by atoms with Crippen molar-refractivity contribution in [1.82, 2.24) is 5.32 Å². The number of hydrogen-bond donors (Lipinski definition) is 4. The Kier molecular flexibility index (Phi) is 9.72. The molecule has 7 heteroatoms. The number of unbranched alkanes of at least 4 members (excludes halogenated alkanes) is 1. The average molecular weight is 277 g/mol. The highest BCUT2D eigenvalue weighted by atomic mass is 32.2. The molecule has 0 heterocycles. The van der Waals surface area contributed by atoms with Gasteiger partial charge in [0.05, 0.1) is 6.04 Å². The van der Waals surface area contributed by atoms with Gasteiger partial charge in [0.1, 0.15) is 6.04 Å². The van der Waals surface area contributed by atoms with E-state index in [1.54, 1.807) is 11.8 Å². The monoisotopic (exact) mass is 277 g/mol. The first-order chi connectivity index (χ1) is 8.52. The maximum Gasteiger partial charge on any atom is 0.326 e. The molecule has 0 radical (unpaired) electrons. The molecule has 0 fully saturated rings. The number of aliphatic carboxylic acids is 1. The van der Waals surface area contributed by atoms with Gasteiger partial charge in [0.25, 0.3) is 0 Å². The SMILES string of the molecule is CSCC[C@H](N)C(=O)N[C@@H](CCCCN)C(=O)O. The summed E-state index contributed by atoms with van der Waals surface area (Å²) in [6.45, 7) is 0.521. The van der Waals surface area contributed by atoms with Crippen molar-refractivity contribution in [3.63, 3.8) is 0 Å². The van der Waals surface area contributed by atoms with Crippen molar-refractivity contribution in [2.45, 2.75) is 37.8 Å². The first-order valence-corrected chi connectivity index (χ1v) is 7.40. The lowest BCUT2D eigenvalue weighted by atomic mass is 10.1. The lowest BCUT2D eigenvalue weighted by molar-refractivity contribution is -0.142. The largest absolute Gasteiger partial charge is 0.480 e. The van der Waals surface area contributed by atoms with Crippen LogP contribution in [0.2, 0.25) is 0 Å². The molecule has 106 valence electrons. The molecule has 0 aliphatic rings. The highest BCUT2D eigenvalue weighted by molar-refractivity contribution is 7.98. The average Bonchev–Trinajstić information content (AvgIpc) is 2.34. The summed E-state index contributed by atoms with van der Waals surface area (Å²) >= 11 is 1.60. The van der Waals surface area contributed by atoms with Crippen molar-refractivity contribution in [1.29, 1.82) is 0 Å². The van der Waals surface area contributed by atoms with Crippen molar-refractivity contribution in [3.05, 3.63) is 0 Å². The molecule has 2 atom stereocenters. The van der Waals surface area contributed by atoms with E-state index in [1.807, 2.05) is 6.26 Å². The number of carboxylic acid groups (broad SMARTS) is 1. The number of carbonyl (C=O) groups is 2. The second-order valence-corrected chi connectivity index (χ2v) is 5.06. The van der Waals surface area contributed by atoms with Crippen LogP contribution in [0.15, 0.2) is 0 Å². The highest BCUT2D eigenvalue weighted by Gasteiger charge is 2.22. The fraction of sp³-hybridized carbons (Fsp3) is 0.818. The summed E-state index contributed by atoms with van der Waals surface area (Å²) < 4.78 is 0. The molecule has 6 N–H and O–H groups in total. The Morgan fingerprint density at radius 2 is 2.00 bits per heavy atom. The van der Waals surface area contributed by atoms with E-state index in [2.05, 4.69) is 5.32 Å². The summed E-state index contributed by atoms with van der Waals surface area (Å²) in [6, 6.07) is -1.52. The van der Waals surface area contributed by atoms with E-state index in [0.717, 1.165) is 12.2 Å². The van der Waals surface area contributed by atoms with Gasteiger partial charge in [-0.05, 0) is 44.2 Å². The fourth-order valence-electron chi connectivity index (χ4n) is 1.40.